The van der Waals surface area contributed by atoms with E-state index in [9.17, 15) is 9.18 Å². The van der Waals surface area contributed by atoms with Gasteiger partial charge in [0, 0.05) is 24.7 Å². The molecule has 2 atom stereocenters. The first-order valence-corrected chi connectivity index (χ1v) is 9.64. The van der Waals surface area contributed by atoms with E-state index in [0.717, 1.165) is 11.3 Å². The Morgan fingerprint density at radius 3 is 2.74 bits per heavy atom. The van der Waals surface area contributed by atoms with Gasteiger partial charge in [0.25, 0.3) is 5.91 Å². The lowest BCUT2D eigenvalue weighted by Crippen LogP contribution is -2.40. The second-order valence-electron chi connectivity index (χ2n) is 6.11. The molecule has 0 aliphatic heterocycles. The number of hydrogen-bond donors (Lipinski definition) is 2. The number of benzene rings is 1. The number of nitrogens with zero attached hydrogens (tertiary/aromatic N) is 2. The van der Waals surface area contributed by atoms with Gasteiger partial charge >= 0.3 is 0 Å². The Hall–Kier alpha value is -1.93. The van der Waals surface area contributed by atoms with Gasteiger partial charge < -0.3 is 11.1 Å². The van der Waals surface area contributed by atoms with Crippen LogP contribution >= 0.6 is 34.5 Å². The van der Waals surface area contributed by atoms with Crippen LogP contribution in [0.1, 0.15) is 28.2 Å². The van der Waals surface area contributed by atoms with E-state index in [-0.39, 0.29) is 11.7 Å². The summed E-state index contributed by atoms with van der Waals surface area (Å²) in [6.07, 6.45) is 1.52. The summed E-state index contributed by atoms with van der Waals surface area (Å²) >= 11 is 13.6. The largest absolute Gasteiger partial charge is 0.347 e. The van der Waals surface area contributed by atoms with Crippen molar-refractivity contribution in [2.24, 2.45) is 12.8 Å². The Labute approximate surface area is 169 Å². The van der Waals surface area contributed by atoms with Crippen molar-refractivity contribution >= 4 is 40.4 Å². The van der Waals surface area contributed by atoms with Gasteiger partial charge in [0.1, 0.15) is 10.2 Å². The zero-order chi connectivity index (χ0) is 19.7. The average Bonchev–Trinajstić information content (AvgIpc) is 3.16. The number of thiophene rings is 1. The number of nitrogens with one attached hydrogen (secondary N) is 1. The lowest BCUT2D eigenvalue weighted by molar-refractivity contribution is 0.0939. The molecule has 0 saturated heterocycles. The molecule has 0 aliphatic carbocycles. The Bertz CT molecular complexity index is 968. The van der Waals surface area contributed by atoms with Gasteiger partial charge in [-0.15, -0.1) is 11.3 Å². The molecule has 0 radical (unpaired) electrons. The van der Waals surface area contributed by atoms with Crippen molar-refractivity contribution in [3.05, 3.63) is 62.1 Å². The van der Waals surface area contributed by atoms with Gasteiger partial charge in [-0.25, -0.2) is 4.39 Å². The van der Waals surface area contributed by atoms with Crippen molar-refractivity contribution in [1.82, 2.24) is 15.1 Å². The highest BCUT2D eigenvalue weighted by Gasteiger charge is 2.22. The first kappa shape index (κ1) is 19.8. The van der Waals surface area contributed by atoms with Crippen molar-refractivity contribution in [2.75, 3.05) is 0 Å². The van der Waals surface area contributed by atoms with Crippen molar-refractivity contribution in [2.45, 2.75) is 19.0 Å². The lowest BCUT2D eigenvalue weighted by atomic mass is 10.0. The molecule has 0 saturated carbocycles. The molecule has 0 aliphatic rings. The van der Waals surface area contributed by atoms with E-state index in [1.54, 1.807) is 36.9 Å². The summed E-state index contributed by atoms with van der Waals surface area (Å²) in [5, 5.41) is 7.37. The van der Waals surface area contributed by atoms with Crippen LogP contribution in [0.4, 0.5) is 4.39 Å². The molecule has 0 bridgehead atoms. The van der Waals surface area contributed by atoms with Crippen LogP contribution in [0.2, 0.25) is 9.36 Å². The summed E-state index contributed by atoms with van der Waals surface area (Å²) < 4.78 is 15.4. The van der Waals surface area contributed by atoms with Gasteiger partial charge in [0.05, 0.1) is 21.8 Å². The van der Waals surface area contributed by atoms with Crippen LogP contribution in [0.3, 0.4) is 0 Å². The quantitative estimate of drug-likeness (QED) is 0.634. The smallest absolute Gasteiger partial charge is 0.261 e. The van der Waals surface area contributed by atoms with Crippen LogP contribution in [0.25, 0.3) is 11.3 Å². The van der Waals surface area contributed by atoms with Crippen LogP contribution in [0.5, 0.6) is 0 Å². The summed E-state index contributed by atoms with van der Waals surface area (Å²) in [6, 6.07) is 6.72. The Morgan fingerprint density at radius 2 is 2.11 bits per heavy atom. The molecule has 142 valence electrons. The standard InChI is InChI=1S/C18H17Cl2FN4OS/c1-9(15(22)10-4-3-5-11(21)6-10)24-18(26)14-7-12(17(20)27-14)16-13(19)8-23-25(16)2/h3-9,15H,22H2,1-2H3,(H,24,26)/t9-,15?/m0/s1. The molecule has 1 amide bonds. The van der Waals surface area contributed by atoms with Crippen LogP contribution in [-0.2, 0) is 7.05 Å². The maximum atomic E-state index is 13.4. The van der Waals surface area contributed by atoms with E-state index < -0.39 is 12.1 Å². The van der Waals surface area contributed by atoms with Crippen LogP contribution in [0, 0.1) is 5.82 Å². The van der Waals surface area contributed by atoms with E-state index in [2.05, 4.69) is 10.4 Å². The highest BCUT2D eigenvalue weighted by atomic mass is 35.5. The minimum atomic E-state index is -0.550. The van der Waals surface area contributed by atoms with Crippen molar-refractivity contribution < 1.29 is 9.18 Å². The van der Waals surface area contributed by atoms with E-state index in [1.807, 2.05) is 0 Å². The van der Waals surface area contributed by atoms with Gasteiger partial charge in [0.15, 0.2) is 0 Å². The fourth-order valence-corrected chi connectivity index (χ4v) is 4.17. The molecule has 3 N–H and O–H groups in total. The predicted molar refractivity (Wildman–Crippen MR) is 107 cm³/mol. The number of rotatable bonds is 5. The fraction of sp³-hybridized carbons (Fsp3) is 0.222. The number of nitrogens with two attached hydrogens (primary N) is 1. The second kappa shape index (κ2) is 7.98. The third-order valence-corrected chi connectivity index (χ3v) is 5.82. The molecule has 3 rings (SSSR count). The molecular weight excluding hydrogens is 410 g/mol. The third kappa shape index (κ3) is 4.16. The second-order valence-corrected chi connectivity index (χ2v) is 8.17. The van der Waals surface area contributed by atoms with Gasteiger partial charge in [-0.2, -0.15) is 5.10 Å². The normalized spacial score (nSPS) is 13.4. The lowest BCUT2D eigenvalue weighted by Gasteiger charge is -2.21. The van der Waals surface area contributed by atoms with Crippen molar-refractivity contribution in [3.63, 3.8) is 0 Å². The molecule has 0 fully saturated rings. The third-order valence-electron chi connectivity index (χ3n) is 4.19. The number of carbonyl (C=O) groups excluding carboxylic acids is 1. The molecule has 9 heteroatoms. The summed E-state index contributed by atoms with van der Waals surface area (Å²) in [5.74, 6) is -0.685. The molecule has 2 aromatic heterocycles. The monoisotopic (exact) mass is 426 g/mol. The van der Waals surface area contributed by atoms with Crippen molar-refractivity contribution in [3.8, 4) is 11.3 Å². The number of carbonyl (C=O) groups is 1. The van der Waals surface area contributed by atoms with Crippen LogP contribution in [-0.4, -0.2) is 21.7 Å². The van der Waals surface area contributed by atoms with E-state index in [4.69, 9.17) is 28.9 Å². The first-order chi connectivity index (χ1) is 12.8. The number of halogens is 3. The van der Waals surface area contributed by atoms with Gasteiger partial charge in [-0.05, 0) is 30.7 Å². The Morgan fingerprint density at radius 1 is 1.37 bits per heavy atom. The van der Waals surface area contributed by atoms with Gasteiger partial charge in [0.2, 0.25) is 0 Å². The number of hydrogen-bond acceptors (Lipinski definition) is 4. The molecular formula is C18H17Cl2FN4OS. The summed E-state index contributed by atoms with van der Waals surface area (Å²) in [4.78, 5) is 13.0. The highest BCUT2D eigenvalue weighted by Crippen LogP contribution is 2.38. The Balaban J connectivity index is 1.78. The molecule has 1 aromatic carbocycles. The topological polar surface area (TPSA) is 72.9 Å². The van der Waals surface area contributed by atoms with E-state index in [1.165, 1.54) is 18.3 Å². The first-order valence-electron chi connectivity index (χ1n) is 8.07. The van der Waals surface area contributed by atoms with Crippen molar-refractivity contribution in [1.29, 1.82) is 0 Å². The zero-order valence-electron chi connectivity index (χ0n) is 14.5. The minimum Gasteiger partial charge on any atom is -0.347 e. The molecule has 27 heavy (non-hydrogen) atoms. The molecule has 2 heterocycles. The number of amides is 1. The van der Waals surface area contributed by atoms with Crippen LogP contribution < -0.4 is 11.1 Å². The zero-order valence-corrected chi connectivity index (χ0v) is 16.9. The molecule has 0 spiro atoms. The molecule has 5 nitrogen and oxygen atoms in total. The van der Waals surface area contributed by atoms with Crippen LogP contribution in [0.15, 0.2) is 36.5 Å². The maximum absolute atomic E-state index is 13.4. The predicted octanol–water partition coefficient (Wildman–Crippen LogP) is 4.41. The number of aromatic nitrogens is 2. The average molecular weight is 427 g/mol. The van der Waals surface area contributed by atoms with Gasteiger partial charge in [-0.1, -0.05) is 35.3 Å². The maximum Gasteiger partial charge on any atom is 0.261 e. The summed E-state index contributed by atoms with van der Waals surface area (Å²) in [7, 11) is 1.75. The fourth-order valence-electron chi connectivity index (χ4n) is 2.73. The molecule has 1 unspecified atom stereocenters. The van der Waals surface area contributed by atoms with E-state index >= 15 is 0 Å². The molecule has 3 aromatic rings. The van der Waals surface area contributed by atoms with E-state index in [0.29, 0.717) is 31.1 Å². The SMILES string of the molecule is C[C@H](NC(=O)c1cc(-c2c(Cl)cnn2C)c(Cl)s1)C(N)c1cccc(F)c1. The highest BCUT2D eigenvalue weighted by molar-refractivity contribution is 7.18. The minimum absolute atomic E-state index is 0.314. The summed E-state index contributed by atoms with van der Waals surface area (Å²) in [6.45, 7) is 1.77. The number of aryl methyl sites for hydroxylation is 1. The Kier molecular flexibility index (Phi) is 5.86. The summed E-state index contributed by atoms with van der Waals surface area (Å²) in [5.41, 5.74) is 8.04. The van der Waals surface area contributed by atoms with Gasteiger partial charge in [-0.3, -0.25) is 9.48 Å².